The van der Waals surface area contributed by atoms with Gasteiger partial charge in [0.25, 0.3) is 5.91 Å². The monoisotopic (exact) mass is 400 g/mol. The first kappa shape index (κ1) is 19.5. The number of quaternary nitrogens is 1. The summed E-state index contributed by atoms with van der Waals surface area (Å²) < 4.78 is 23.9. The van der Waals surface area contributed by atoms with Crippen LogP contribution in [0.3, 0.4) is 0 Å². The van der Waals surface area contributed by atoms with Crippen molar-refractivity contribution in [3.05, 3.63) is 53.8 Å². The van der Waals surface area contributed by atoms with Gasteiger partial charge in [-0.2, -0.15) is 0 Å². The molecule has 0 aromatic heterocycles. The fourth-order valence-corrected chi connectivity index (χ4v) is 3.87. The third kappa shape index (κ3) is 4.62. The summed E-state index contributed by atoms with van der Waals surface area (Å²) in [7, 11) is 0. The van der Waals surface area contributed by atoms with Gasteiger partial charge in [-0.1, -0.05) is 6.07 Å². The molecule has 0 unspecified atom stereocenters. The van der Waals surface area contributed by atoms with Crippen LogP contribution in [-0.2, 0) is 11.3 Å². The molecule has 1 N–H and O–H groups in total. The van der Waals surface area contributed by atoms with E-state index in [-0.39, 0.29) is 18.5 Å². The van der Waals surface area contributed by atoms with Crippen molar-refractivity contribution >= 4 is 11.6 Å². The molecule has 2 aliphatic rings. The van der Waals surface area contributed by atoms with Crippen LogP contribution in [0.1, 0.15) is 12.5 Å². The molecule has 0 atom stereocenters. The molecule has 2 aromatic rings. The molecule has 1 amide bonds. The molecule has 0 bridgehead atoms. The lowest BCUT2D eigenvalue weighted by Gasteiger charge is -2.34. The highest BCUT2D eigenvalue weighted by Crippen LogP contribution is 2.32. The zero-order valence-electron chi connectivity index (χ0n) is 16.7. The summed E-state index contributed by atoms with van der Waals surface area (Å²) in [6.07, 6.45) is 0. The predicted molar refractivity (Wildman–Crippen MR) is 108 cm³/mol. The van der Waals surface area contributed by atoms with Gasteiger partial charge in [0.1, 0.15) is 5.82 Å². The van der Waals surface area contributed by atoms with Gasteiger partial charge in [0.15, 0.2) is 18.0 Å². The van der Waals surface area contributed by atoms with E-state index in [1.54, 1.807) is 0 Å². The van der Waals surface area contributed by atoms with Gasteiger partial charge >= 0.3 is 0 Å². The predicted octanol–water partition coefficient (Wildman–Crippen LogP) is 1.31. The number of fused-ring (bicyclic) bond motifs is 1. The second kappa shape index (κ2) is 8.69. The van der Waals surface area contributed by atoms with E-state index in [4.69, 9.17) is 9.47 Å². The fourth-order valence-electron chi connectivity index (χ4n) is 3.87. The van der Waals surface area contributed by atoms with Crippen LogP contribution >= 0.6 is 0 Å². The smallest absolute Gasteiger partial charge is 0.278 e. The number of ether oxygens (including phenoxy) is 2. The van der Waals surface area contributed by atoms with Crippen LogP contribution in [0.25, 0.3) is 0 Å². The van der Waals surface area contributed by atoms with Crippen molar-refractivity contribution in [3.8, 4) is 11.5 Å². The standard InChI is InChI=1S/C22H26FN3O3/c1-2-25(14-17-3-8-20-21(13-17)29-16-28-20)22(27)15-24-9-11-26(12-10-24)19-6-4-18(23)5-7-19/h3-8,13H,2,9-12,14-16H2,1H3/p+1. The third-order valence-corrected chi connectivity index (χ3v) is 5.61. The molecule has 29 heavy (non-hydrogen) atoms. The first-order chi connectivity index (χ1) is 14.1. The molecule has 7 heteroatoms. The van der Waals surface area contributed by atoms with Crippen molar-refractivity contribution in [2.24, 2.45) is 0 Å². The summed E-state index contributed by atoms with van der Waals surface area (Å²) >= 11 is 0. The Morgan fingerprint density at radius 1 is 1.10 bits per heavy atom. The van der Waals surface area contributed by atoms with Gasteiger partial charge < -0.3 is 24.2 Å². The summed E-state index contributed by atoms with van der Waals surface area (Å²) in [5, 5.41) is 0. The van der Waals surface area contributed by atoms with E-state index in [0.29, 0.717) is 19.6 Å². The average molecular weight is 400 g/mol. The molecule has 2 aliphatic heterocycles. The van der Waals surface area contributed by atoms with E-state index >= 15 is 0 Å². The number of piperazine rings is 1. The summed E-state index contributed by atoms with van der Waals surface area (Å²) in [5.74, 6) is 1.45. The molecular formula is C22H27FN3O3+. The Morgan fingerprint density at radius 2 is 1.83 bits per heavy atom. The van der Waals surface area contributed by atoms with E-state index < -0.39 is 0 Å². The Hall–Kier alpha value is -2.80. The highest BCUT2D eigenvalue weighted by molar-refractivity contribution is 5.77. The maximum Gasteiger partial charge on any atom is 0.278 e. The second-order valence-electron chi connectivity index (χ2n) is 7.49. The minimum absolute atomic E-state index is 0.162. The number of hydrogen-bond donors (Lipinski definition) is 1. The number of likely N-dealkylation sites (N-methyl/N-ethyl adjacent to an activating group) is 1. The molecule has 1 saturated heterocycles. The lowest BCUT2D eigenvalue weighted by molar-refractivity contribution is -0.892. The topological polar surface area (TPSA) is 46.5 Å². The molecule has 0 radical (unpaired) electrons. The minimum Gasteiger partial charge on any atom is -0.454 e. The zero-order valence-corrected chi connectivity index (χ0v) is 16.7. The van der Waals surface area contributed by atoms with Crippen LogP contribution in [0.5, 0.6) is 11.5 Å². The van der Waals surface area contributed by atoms with E-state index in [2.05, 4.69) is 4.90 Å². The molecule has 6 nitrogen and oxygen atoms in total. The van der Waals surface area contributed by atoms with Crippen LogP contribution in [0.4, 0.5) is 10.1 Å². The van der Waals surface area contributed by atoms with Gasteiger partial charge in [-0.15, -0.1) is 0 Å². The summed E-state index contributed by atoms with van der Waals surface area (Å²) in [5.41, 5.74) is 2.08. The summed E-state index contributed by atoms with van der Waals surface area (Å²) in [4.78, 5) is 18.3. The number of amides is 1. The Kier molecular flexibility index (Phi) is 5.85. The van der Waals surface area contributed by atoms with Crippen molar-refractivity contribution in [1.82, 2.24) is 4.90 Å². The maximum atomic E-state index is 13.1. The van der Waals surface area contributed by atoms with Gasteiger partial charge in [0.2, 0.25) is 6.79 Å². The van der Waals surface area contributed by atoms with E-state index in [1.165, 1.54) is 17.0 Å². The second-order valence-corrected chi connectivity index (χ2v) is 7.49. The average Bonchev–Trinajstić information content (AvgIpc) is 3.21. The lowest BCUT2D eigenvalue weighted by Crippen LogP contribution is -3.15. The quantitative estimate of drug-likeness (QED) is 0.794. The third-order valence-electron chi connectivity index (χ3n) is 5.61. The molecular weight excluding hydrogens is 373 g/mol. The Balaban J connectivity index is 1.29. The number of halogens is 1. The largest absolute Gasteiger partial charge is 0.454 e. The summed E-state index contributed by atoms with van der Waals surface area (Å²) in [6.45, 7) is 7.51. The fraction of sp³-hybridized carbons (Fsp3) is 0.409. The molecule has 0 aliphatic carbocycles. The van der Waals surface area contributed by atoms with Gasteiger partial charge in [-0.3, -0.25) is 4.79 Å². The zero-order chi connectivity index (χ0) is 20.2. The van der Waals surface area contributed by atoms with Gasteiger partial charge in [-0.25, -0.2) is 4.39 Å². The SMILES string of the molecule is CCN(Cc1ccc2c(c1)OCO2)C(=O)C[NH+]1CCN(c2ccc(F)cc2)CC1. The van der Waals surface area contributed by atoms with Crippen molar-refractivity contribution in [2.45, 2.75) is 13.5 Å². The first-order valence-corrected chi connectivity index (χ1v) is 10.1. The van der Waals surface area contributed by atoms with Gasteiger partial charge in [-0.05, 0) is 48.9 Å². The van der Waals surface area contributed by atoms with E-state index in [9.17, 15) is 9.18 Å². The van der Waals surface area contributed by atoms with E-state index in [1.807, 2.05) is 42.2 Å². The number of carbonyl (C=O) groups is 1. The molecule has 2 aromatic carbocycles. The molecule has 2 heterocycles. The summed E-state index contributed by atoms with van der Waals surface area (Å²) in [6, 6.07) is 12.5. The van der Waals surface area contributed by atoms with Crippen molar-refractivity contribution in [1.29, 1.82) is 0 Å². The van der Waals surface area contributed by atoms with Crippen molar-refractivity contribution in [2.75, 3.05) is 51.0 Å². The highest BCUT2D eigenvalue weighted by Gasteiger charge is 2.25. The molecule has 0 saturated carbocycles. The molecule has 154 valence electrons. The molecule has 0 spiro atoms. The molecule has 4 rings (SSSR count). The number of anilines is 1. The van der Waals surface area contributed by atoms with Crippen LogP contribution in [0.15, 0.2) is 42.5 Å². The highest BCUT2D eigenvalue weighted by atomic mass is 19.1. The Labute approximate surface area is 170 Å². The number of nitrogens with zero attached hydrogens (tertiary/aromatic N) is 2. The number of hydrogen-bond acceptors (Lipinski definition) is 4. The van der Waals surface area contributed by atoms with Crippen LogP contribution in [0.2, 0.25) is 0 Å². The number of benzene rings is 2. The Morgan fingerprint density at radius 3 is 2.55 bits per heavy atom. The van der Waals surface area contributed by atoms with Gasteiger partial charge in [0.05, 0.1) is 26.2 Å². The number of carbonyl (C=O) groups excluding carboxylic acids is 1. The van der Waals surface area contributed by atoms with Crippen LogP contribution < -0.4 is 19.3 Å². The molecule has 1 fully saturated rings. The van der Waals surface area contributed by atoms with E-state index in [0.717, 1.165) is 48.9 Å². The van der Waals surface area contributed by atoms with Crippen molar-refractivity contribution in [3.63, 3.8) is 0 Å². The first-order valence-electron chi connectivity index (χ1n) is 10.1. The van der Waals surface area contributed by atoms with Crippen molar-refractivity contribution < 1.29 is 23.6 Å². The Bertz CT molecular complexity index is 851. The maximum absolute atomic E-state index is 13.1. The number of nitrogens with one attached hydrogen (secondary N) is 1. The number of rotatable bonds is 6. The van der Waals surface area contributed by atoms with Crippen LogP contribution in [-0.4, -0.2) is 56.9 Å². The van der Waals surface area contributed by atoms with Gasteiger partial charge in [0, 0.05) is 18.8 Å². The normalized spacial score (nSPS) is 16.1. The minimum atomic E-state index is -0.217. The van der Waals surface area contributed by atoms with Crippen LogP contribution in [0, 0.1) is 5.82 Å². The lowest BCUT2D eigenvalue weighted by atomic mass is 10.2.